The smallest absolute Gasteiger partial charge is 0.168 e. The van der Waals surface area contributed by atoms with Crippen LogP contribution in [0.5, 0.6) is 0 Å². The van der Waals surface area contributed by atoms with E-state index in [1.807, 2.05) is 45.0 Å². The fourth-order valence-electron chi connectivity index (χ4n) is 1.87. The number of hydrogen-bond donors (Lipinski definition) is 2. The Hall–Kier alpha value is -2.48. The maximum absolute atomic E-state index is 9.20. The monoisotopic (exact) mass is 255 g/mol. The van der Waals surface area contributed by atoms with Crippen LogP contribution < -0.4 is 11.1 Å². The minimum Gasteiger partial charge on any atom is -0.382 e. The molecule has 0 aliphatic heterocycles. The van der Waals surface area contributed by atoms with Gasteiger partial charge >= 0.3 is 0 Å². The summed E-state index contributed by atoms with van der Waals surface area (Å²) < 4.78 is 1.59. The van der Waals surface area contributed by atoms with Gasteiger partial charge in [-0.1, -0.05) is 12.1 Å². The summed E-state index contributed by atoms with van der Waals surface area (Å²) in [7, 11) is 0. The van der Waals surface area contributed by atoms with Crippen molar-refractivity contribution >= 4 is 11.6 Å². The fraction of sp³-hybridized carbons (Fsp3) is 0.286. The summed E-state index contributed by atoms with van der Waals surface area (Å²) in [6.07, 6.45) is 0. The third-order valence-corrected chi connectivity index (χ3v) is 2.70. The van der Waals surface area contributed by atoms with Crippen molar-refractivity contribution in [1.82, 2.24) is 9.78 Å². The van der Waals surface area contributed by atoms with E-state index >= 15 is 0 Å². The molecule has 0 bridgehead atoms. The van der Waals surface area contributed by atoms with E-state index < -0.39 is 0 Å². The van der Waals surface area contributed by atoms with Crippen molar-refractivity contribution in [2.24, 2.45) is 0 Å². The minimum absolute atomic E-state index is 0.187. The van der Waals surface area contributed by atoms with Crippen LogP contribution in [-0.2, 0) is 0 Å². The molecule has 0 fully saturated rings. The van der Waals surface area contributed by atoms with Gasteiger partial charge in [-0.3, -0.25) is 0 Å². The van der Waals surface area contributed by atoms with Gasteiger partial charge in [-0.25, -0.2) is 4.68 Å². The summed E-state index contributed by atoms with van der Waals surface area (Å²) in [5.41, 5.74) is 8.36. The summed E-state index contributed by atoms with van der Waals surface area (Å²) in [5, 5.41) is 16.7. The van der Waals surface area contributed by atoms with E-state index in [1.54, 1.807) is 4.68 Å². The molecule has 5 nitrogen and oxygen atoms in total. The molecule has 2 rings (SSSR count). The summed E-state index contributed by atoms with van der Waals surface area (Å²) in [6.45, 7) is 5.98. The summed E-state index contributed by atoms with van der Waals surface area (Å²) in [5.74, 6) is 0.882. The lowest BCUT2D eigenvalue weighted by Gasteiger charge is -2.06. The van der Waals surface area contributed by atoms with Gasteiger partial charge in [-0.15, -0.1) is 5.10 Å². The van der Waals surface area contributed by atoms with E-state index in [1.165, 1.54) is 0 Å². The zero-order valence-corrected chi connectivity index (χ0v) is 11.3. The van der Waals surface area contributed by atoms with Gasteiger partial charge in [-0.05, 0) is 38.5 Å². The zero-order chi connectivity index (χ0) is 14.0. The molecular formula is C14H17N5. The topological polar surface area (TPSA) is 79.7 Å². The van der Waals surface area contributed by atoms with Gasteiger partial charge in [-0.2, -0.15) is 5.26 Å². The number of nitrogens with zero attached hydrogens (tertiary/aromatic N) is 3. The van der Waals surface area contributed by atoms with Crippen molar-refractivity contribution in [3.63, 3.8) is 0 Å². The van der Waals surface area contributed by atoms with E-state index in [4.69, 9.17) is 5.73 Å². The van der Waals surface area contributed by atoms with Crippen molar-refractivity contribution in [2.45, 2.75) is 26.8 Å². The lowest BCUT2D eigenvalue weighted by molar-refractivity contribution is 0.850. The molecule has 0 spiro atoms. The van der Waals surface area contributed by atoms with Crippen LogP contribution >= 0.6 is 0 Å². The number of nitrogens with two attached hydrogens (primary N) is 1. The van der Waals surface area contributed by atoms with Crippen LogP contribution in [0.15, 0.2) is 24.3 Å². The van der Waals surface area contributed by atoms with Crippen molar-refractivity contribution in [3.8, 4) is 11.8 Å². The standard InChI is InChI=1S/C14H17N5/c1-9(2)17-14-12(8-15)13(16)19(18-14)11-6-4-5-10(3)7-11/h4-7,9H,16H2,1-3H3,(H,17,18). The molecule has 1 heterocycles. The zero-order valence-electron chi connectivity index (χ0n) is 11.3. The van der Waals surface area contributed by atoms with Gasteiger partial charge in [0, 0.05) is 6.04 Å². The average Bonchev–Trinajstić information content (AvgIpc) is 2.65. The average molecular weight is 255 g/mol. The molecule has 1 aromatic carbocycles. The van der Waals surface area contributed by atoms with Gasteiger partial charge in [0.05, 0.1) is 5.69 Å². The molecule has 1 aromatic heterocycles. The van der Waals surface area contributed by atoms with E-state index in [2.05, 4.69) is 16.5 Å². The number of aromatic nitrogens is 2. The Labute approximate surface area is 112 Å². The molecule has 5 heteroatoms. The summed E-state index contributed by atoms with van der Waals surface area (Å²) in [6, 6.07) is 10.1. The third kappa shape index (κ3) is 2.52. The molecule has 2 aromatic rings. The summed E-state index contributed by atoms with van der Waals surface area (Å²) >= 11 is 0. The first kappa shape index (κ1) is 13.0. The molecule has 0 aliphatic carbocycles. The van der Waals surface area contributed by atoms with Crippen LogP contribution in [0.3, 0.4) is 0 Å². The number of hydrogen-bond acceptors (Lipinski definition) is 4. The molecule has 0 aliphatic rings. The molecular weight excluding hydrogens is 238 g/mol. The van der Waals surface area contributed by atoms with Gasteiger partial charge in [0.25, 0.3) is 0 Å². The van der Waals surface area contributed by atoms with Crippen LogP contribution in [0.25, 0.3) is 5.69 Å². The van der Waals surface area contributed by atoms with Crippen molar-refractivity contribution in [2.75, 3.05) is 11.1 Å². The van der Waals surface area contributed by atoms with Crippen molar-refractivity contribution in [1.29, 1.82) is 5.26 Å². The predicted octanol–water partition coefficient (Wildman–Crippen LogP) is 2.45. The fourth-order valence-corrected chi connectivity index (χ4v) is 1.87. The Morgan fingerprint density at radius 1 is 1.42 bits per heavy atom. The number of nitrogen functional groups attached to an aromatic ring is 1. The molecule has 0 radical (unpaired) electrons. The van der Waals surface area contributed by atoms with E-state index in [0.717, 1.165) is 11.3 Å². The first-order chi connectivity index (χ1) is 9.02. The highest BCUT2D eigenvalue weighted by Gasteiger charge is 2.16. The number of nitrogens with one attached hydrogen (secondary N) is 1. The second-order valence-corrected chi connectivity index (χ2v) is 4.77. The van der Waals surface area contributed by atoms with E-state index in [9.17, 15) is 5.26 Å². The molecule has 0 atom stereocenters. The Bertz CT molecular complexity index is 634. The molecule has 19 heavy (non-hydrogen) atoms. The van der Waals surface area contributed by atoms with Crippen LogP contribution in [0.4, 0.5) is 11.6 Å². The lowest BCUT2D eigenvalue weighted by atomic mass is 10.2. The number of anilines is 2. The van der Waals surface area contributed by atoms with Gasteiger partial charge < -0.3 is 11.1 Å². The van der Waals surface area contributed by atoms with Crippen molar-refractivity contribution in [3.05, 3.63) is 35.4 Å². The maximum Gasteiger partial charge on any atom is 0.168 e. The minimum atomic E-state index is 0.187. The molecule has 0 amide bonds. The largest absolute Gasteiger partial charge is 0.382 e. The highest BCUT2D eigenvalue weighted by Crippen LogP contribution is 2.24. The Kier molecular flexibility index (Phi) is 3.43. The number of benzene rings is 1. The second-order valence-electron chi connectivity index (χ2n) is 4.77. The molecule has 3 N–H and O–H groups in total. The first-order valence-electron chi connectivity index (χ1n) is 6.15. The SMILES string of the molecule is Cc1cccc(-n2nc(NC(C)C)c(C#N)c2N)c1. The quantitative estimate of drug-likeness (QED) is 0.882. The second kappa shape index (κ2) is 5.02. The normalized spacial score (nSPS) is 10.5. The molecule has 98 valence electrons. The highest BCUT2D eigenvalue weighted by atomic mass is 15.3. The number of nitriles is 1. The highest BCUT2D eigenvalue weighted by molar-refractivity contribution is 5.66. The van der Waals surface area contributed by atoms with E-state index in [0.29, 0.717) is 17.2 Å². The van der Waals surface area contributed by atoms with Crippen LogP contribution in [0, 0.1) is 18.3 Å². The number of aryl methyl sites for hydroxylation is 1. The molecule has 0 saturated heterocycles. The van der Waals surface area contributed by atoms with Crippen LogP contribution in [0.1, 0.15) is 25.0 Å². The molecule has 0 unspecified atom stereocenters. The Morgan fingerprint density at radius 2 is 2.16 bits per heavy atom. The van der Waals surface area contributed by atoms with Gasteiger partial charge in [0.1, 0.15) is 17.5 Å². The Balaban J connectivity index is 2.54. The summed E-state index contributed by atoms with van der Waals surface area (Å²) in [4.78, 5) is 0. The van der Waals surface area contributed by atoms with Crippen LogP contribution in [-0.4, -0.2) is 15.8 Å². The third-order valence-electron chi connectivity index (χ3n) is 2.70. The molecule has 0 saturated carbocycles. The van der Waals surface area contributed by atoms with Gasteiger partial charge in [0.2, 0.25) is 0 Å². The van der Waals surface area contributed by atoms with E-state index in [-0.39, 0.29) is 6.04 Å². The van der Waals surface area contributed by atoms with Crippen LogP contribution in [0.2, 0.25) is 0 Å². The predicted molar refractivity (Wildman–Crippen MR) is 76.2 cm³/mol. The maximum atomic E-state index is 9.20. The lowest BCUT2D eigenvalue weighted by Crippen LogP contribution is -2.11. The Morgan fingerprint density at radius 3 is 2.74 bits per heavy atom. The van der Waals surface area contributed by atoms with Crippen molar-refractivity contribution < 1.29 is 0 Å². The van der Waals surface area contributed by atoms with Gasteiger partial charge in [0.15, 0.2) is 5.82 Å². The first-order valence-corrected chi connectivity index (χ1v) is 6.15. The number of rotatable bonds is 3.